The third-order valence-electron chi connectivity index (χ3n) is 20.0. The van der Waals surface area contributed by atoms with Crippen LogP contribution in [0.2, 0.25) is 0 Å². The third kappa shape index (κ3) is 5.78. The lowest BCUT2D eigenvalue weighted by Gasteiger charge is -2.30. The number of benzene rings is 13. The van der Waals surface area contributed by atoms with Crippen molar-refractivity contribution in [3.05, 3.63) is 330 Å². The van der Waals surface area contributed by atoms with Crippen molar-refractivity contribution in [2.24, 2.45) is 0 Å². The molecule has 4 heteroatoms. The summed E-state index contributed by atoms with van der Waals surface area (Å²) in [4.78, 5) is 0. The minimum Gasteiger partial charge on any atom is -0.455 e. The fourth-order valence-electron chi connectivity index (χ4n) is 16.5. The zero-order valence-electron chi connectivity index (χ0n) is 46.4. The summed E-state index contributed by atoms with van der Waals surface area (Å²) >= 11 is 0. The molecule has 0 aliphatic heterocycles. The van der Waals surface area contributed by atoms with Crippen LogP contribution in [0.5, 0.6) is 0 Å². The maximum absolute atomic E-state index is 7.18. The Kier molecular flexibility index (Phi) is 9.02. The predicted molar refractivity (Wildman–Crippen MR) is 350 cm³/mol. The minimum absolute atomic E-state index is 0.442. The molecule has 0 N–H and O–H groups in total. The number of hydrogen-bond donors (Lipinski definition) is 0. The number of rotatable bonds is 4. The fraction of sp³-hybridized carbons (Fsp3) is 0.0244. The quantitative estimate of drug-likeness (QED) is 0.165. The van der Waals surface area contributed by atoms with Crippen molar-refractivity contribution in [2.75, 3.05) is 0 Å². The van der Waals surface area contributed by atoms with Crippen LogP contribution in [0.1, 0.15) is 44.5 Å². The molecular weight excluding hydrogens is 1040 g/mol. The summed E-state index contributed by atoms with van der Waals surface area (Å²) < 4.78 is 9.40. The summed E-state index contributed by atoms with van der Waals surface area (Å²) in [7, 11) is 0. The standard InChI is InChI=1S/C82H47N3O/c1-2-25-64-54(17-1)63-24-9-16-32-76(63)85-79(83-84-80(64)85)49-35-33-48(34-36-49)65-44-53(52-38-41-62-60-23-8-15-31-73(60)82(75(62)47-52)70-28-12-5-20-57(70)58-21-6-13-29-71(58)82)45-67-66-43-50(39-42-77(66)86-78(65)67)51-37-40-61-59-22-7-14-30-72(59)81(74(61)46-51)68-26-10-3-18-55(68)56-19-4-11-27-69(56)81/h1-47H. The van der Waals surface area contributed by atoms with E-state index in [1.165, 1.54) is 105 Å². The molecule has 0 radical (unpaired) electrons. The van der Waals surface area contributed by atoms with Gasteiger partial charge in [-0.3, -0.25) is 4.40 Å². The summed E-state index contributed by atoms with van der Waals surface area (Å²) in [5.41, 5.74) is 31.3. The van der Waals surface area contributed by atoms with Gasteiger partial charge in [0.05, 0.1) is 16.3 Å². The molecule has 0 atom stereocenters. The van der Waals surface area contributed by atoms with Gasteiger partial charge in [0.1, 0.15) is 11.2 Å². The highest BCUT2D eigenvalue weighted by molar-refractivity contribution is 6.14. The van der Waals surface area contributed by atoms with Gasteiger partial charge in [-0.1, -0.05) is 243 Å². The van der Waals surface area contributed by atoms with Crippen LogP contribution in [0.15, 0.2) is 290 Å². The molecule has 3 aromatic heterocycles. The van der Waals surface area contributed by atoms with Gasteiger partial charge in [0.2, 0.25) is 0 Å². The van der Waals surface area contributed by atoms with E-state index >= 15 is 0 Å². The first kappa shape index (κ1) is 46.3. The van der Waals surface area contributed by atoms with Crippen LogP contribution >= 0.6 is 0 Å². The van der Waals surface area contributed by atoms with Crippen LogP contribution in [-0.4, -0.2) is 14.6 Å². The highest BCUT2D eigenvalue weighted by atomic mass is 16.3. The number of hydrogen-bond acceptors (Lipinski definition) is 3. The molecular formula is C82H47N3O. The van der Waals surface area contributed by atoms with Crippen LogP contribution in [-0.2, 0) is 10.8 Å². The smallest absolute Gasteiger partial charge is 0.169 e. The topological polar surface area (TPSA) is 43.3 Å². The van der Waals surface area contributed by atoms with Crippen LogP contribution in [0.3, 0.4) is 0 Å². The van der Waals surface area contributed by atoms with Gasteiger partial charge in [-0.2, -0.15) is 0 Å². The molecule has 0 saturated heterocycles. The molecule has 4 aliphatic rings. The van der Waals surface area contributed by atoms with Crippen LogP contribution < -0.4 is 0 Å². The first-order valence-corrected chi connectivity index (χ1v) is 29.8. The normalized spacial score (nSPS) is 14.0. The number of aromatic nitrogens is 3. The van der Waals surface area contributed by atoms with Gasteiger partial charge < -0.3 is 4.42 Å². The first-order chi connectivity index (χ1) is 42.6. The average molecular weight is 1090 g/mol. The van der Waals surface area contributed by atoms with Crippen molar-refractivity contribution in [1.29, 1.82) is 0 Å². The van der Waals surface area contributed by atoms with Gasteiger partial charge in [0.15, 0.2) is 11.5 Å². The number of fused-ring (bicyclic) bond motifs is 29. The van der Waals surface area contributed by atoms with Gasteiger partial charge in [-0.15, -0.1) is 10.2 Å². The molecule has 20 rings (SSSR count). The van der Waals surface area contributed by atoms with E-state index in [1.54, 1.807) is 0 Å². The molecule has 3 heterocycles. The van der Waals surface area contributed by atoms with Gasteiger partial charge >= 0.3 is 0 Å². The molecule has 16 aromatic rings. The van der Waals surface area contributed by atoms with Gasteiger partial charge in [0.25, 0.3) is 0 Å². The van der Waals surface area contributed by atoms with Crippen LogP contribution in [0.25, 0.3) is 139 Å². The zero-order chi connectivity index (χ0) is 56.0. The Labute approximate surface area is 495 Å². The van der Waals surface area contributed by atoms with Gasteiger partial charge in [0, 0.05) is 32.7 Å². The summed E-state index contributed by atoms with van der Waals surface area (Å²) in [6.45, 7) is 0. The van der Waals surface area contributed by atoms with Crippen molar-refractivity contribution >= 4 is 49.3 Å². The van der Waals surface area contributed by atoms with Crippen molar-refractivity contribution in [1.82, 2.24) is 14.6 Å². The summed E-state index contributed by atoms with van der Waals surface area (Å²) in [6.07, 6.45) is 0. The second-order valence-corrected chi connectivity index (χ2v) is 23.8. The van der Waals surface area contributed by atoms with E-state index in [0.29, 0.717) is 0 Å². The largest absolute Gasteiger partial charge is 0.455 e. The van der Waals surface area contributed by atoms with E-state index in [1.807, 2.05) is 0 Å². The molecule has 0 saturated carbocycles. The molecule has 0 amide bonds. The van der Waals surface area contributed by atoms with E-state index in [9.17, 15) is 0 Å². The second kappa shape index (κ2) is 16.8. The number of pyridine rings is 1. The Morgan fingerprint density at radius 2 is 0.651 bits per heavy atom. The molecule has 4 aliphatic carbocycles. The maximum Gasteiger partial charge on any atom is 0.169 e. The highest BCUT2D eigenvalue weighted by Crippen LogP contribution is 2.65. The van der Waals surface area contributed by atoms with Crippen molar-refractivity contribution in [3.63, 3.8) is 0 Å². The van der Waals surface area contributed by atoms with Crippen molar-refractivity contribution in [3.8, 4) is 89.3 Å². The highest BCUT2D eigenvalue weighted by Gasteiger charge is 2.53. The number of furan rings is 1. The maximum atomic E-state index is 7.18. The van der Waals surface area contributed by atoms with Crippen LogP contribution in [0, 0.1) is 0 Å². The average Bonchev–Trinajstić information content (AvgIpc) is 1.54. The lowest BCUT2D eigenvalue weighted by atomic mass is 9.70. The Morgan fingerprint density at radius 1 is 0.256 bits per heavy atom. The summed E-state index contributed by atoms with van der Waals surface area (Å²) in [5.74, 6) is 0.800. The second-order valence-electron chi connectivity index (χ2n) is 23.8. The third-order valence-corrected chi connectivity index (χ3v) is 20.0. The molecule has 0 fully saturated rings. The molecule has 4 nitrogen and oxygen atoms in total. The molecule has 86 heavy (non-hydrogen) atoms. The predicted octanol–water partition coefficient (Wildman–Crippen LogP) is 20.3. The molecule has 0 unspecified atom stereocenters. The lowest BCUT2D eigenvalue weighted by molar-refractivity contribution is 0.670. The van der Waals surface area contributed by atoms with Crippen molar-refractivity contribution in [2.45, 2.75) is 10.8 Å². The fourth-order valence-corrected chi connectivity index (χ4v) is 16.5. The SMILES string of the molecule is c1ccc2c(c1)-c1ccccc1C21c2ccccc2-c2ccc(-c3ccc4oc5c(-c6ccc(-c7nnc8c9ccccc9c9ccccc9n78)cc6)cc(-c6ccc7c(c6)C6(c8ccccc8-c8ccccc86)c6ccccc6-7)cc5c4c3)cc21. The van der Waals surface area contributed by atoms with E-state index < -0.39 is 10.8 Å². The van der Waals surface area contributed by atoms with E-state index in [0.717, 1.165) is 77.7 Å². The molecule has 13 aromatic carbocycles. The van der Waals surface area contributed by atoms with E-state index in [-0.39, 0.29) is 0 Å². The van der Waals surface area contributed by atoms with E-state index in [2.05, 4.69) is 290 Å². The lowest BCUT2D eigenvalue weighted by Crippen LogP contribution is -2.25. The molecule has 2 spiro atoms. The molecule has 396 valence electrons. The Morgan fingerprint density at radius 3 is 1.19 bits per heavy atom. The Hall–Kier alpha value is -11.2. The van der Waals surface area contributed by atoms with Gasteiger partial charge in [-0.25, -0.2) is 0 Å². The molecule has 0 bridgehead atoms. The Bertz CT molecular complexity index is 5550. The monoisotopic (exact) mass is 1090 g/mol. The number of para-hydroxylation sites is 1. The summed E-state index contributed by atoms with van der Waals surface area (Å²) in [5, 5.41) is 15.3. The van der Waals surface area contributed by atoms with Crippen molar-refractivity contribution < 1.29 is 4.42 Å². The first-order valence-electron chi connectivity index (χ1n) is 29.8. The van der Waals surface area contributed by atoms with Gasteiger partial charge in [-0.05, 0) is 165 Å². The zero-order valence-corrected chi connectivity index (χ0v) is 46.4. The Balaban J connectivity index is 0.795. The number of nitrogens with zero attached hydrogens (tertiary/aromatic N) is 3. The minimum atomic E-state index is -0.475. The van der Waals surface area contributed by atoms with E-state index in [4.69, 9.17) is 14.6 Å². The summed E-state index contributed by atoms with van der Waals surface area (Å²) in [6, 6.07) is 106. The van der Waals surface area contributed by atoms with Crippen LogP contribution in [0.4, 0.5) is 0 Å².